The monoisotopic (exact) mass is 395 g/mol. The van der Waals surface area contributed by atoms with Crippen LogP contribution in [0.2, 0.25) is 0 Å². The van der Waals surface area contributed by atoms with Crippen molar-refractivity contribution in [2.75, 3.05) is 7.11 Å². The summed E-state index contributed by atoms with van der Waals surface area (Å²) in [6.45, 7) is 0. The van der Waals surface area contributed by atoms with E-state index in [-0.39, 0.29) is 10.9 Å². The van der Waals surface area contributed by atoms with Gasteiger partial charge >= 0.3 is 0 Å². The fourth-order valence-corrected chi connectivity index (χ4v) is 4.91. The van der Waals surface area contributed by atoms with Crippen LogP contribution in [0.1, 0.15) is 30.0 Å². The summed E-state index contributed by atoms with van der Waals surface area (Å²) in [5.74, 6) is 0.604. The zero-order chi connectivity index (χ0) is 16.4. The van der Waals surface area contributed by atoms with Gasteiger partial charge in [0.25, 0.3) is 0 Å². The topological polar surface area (TPSA) is 55.4 Å². The summed E-state index contributed by atoms with van der Waals surface area (Å²) >= 11 is 3.33. The number of rotatable bonds is 4. The van der Waals surface area contributed by atoms with Gasteiger partial charge < -0.3 is 4.74 Å². The maximum absolute atomic E-state index is 12.7. The van der Waals surface area contributed by atoms with Crippen molar-refractivity contribution in [1.82, 2.24) is 4.72 Å². The number of fused-ring (bicyclic) bond motifs is 1. The molecular weight excluding hydrogens is 378 g/mol. The largest absolute Gasteiger partial charge is 0.496 e. The molecule has 0 bridgehead atoms. The zero-order valence-electron chi connectivity index (χ0n) is 12.8. The lowest BCUT2D eigenvalue weighted by Crippen LogP contribution is -2.31. The number of sulfonamides is 1. The highest BCUT2D eigenvalue weighted by atomic mass is 79.9. The van der Waals surface area contributed by atoms with E-state index in [1.165, 1.54) is 5.56 Å². The molecule has 0 radical (unpaired) electrons. The predicted molar refractivity (Wildman–Crippen MR) is 93.1 cm³/mol. The molecule has 23 heavy (non-hydrogen) atoms. The predicted octanol–water partition coefficient (Wildman–Crippen LogP) is 3.81. The van der Waals surface area contributed by atoms with E-state index in [1.807, 2.05) is 18.2 Å². The second-order valence-corrected chi connectivity index (χ2v) is 8.13. The van der Waals surface area contributed by atoms with Crippen molar-refractivity contribution in [1.29, 1.82) is 0 Å². The smallest absolute Gasteiger partial charge is 0.241 e. The number of aryl methyl sites for hydroxylation is 1. The highest BCUT2D eigenvalue weighted by Crippen LogP contribution is 2.32. The van der Waals surface area contributed by atoms with E-state index in [1.54, 1.807) is 25.3 Å². The number of benzene rings is 2. The third kappa shape index (κ3) is 3.44. The first kappa shape index (κ1) is 16.5. The Morgan fingerprint density at radius 3 is 2.74 bits per heavy atom. The number of methoxy groups -OCH3 is 1. The van der Waals surface area contributed by atoms with E-state index < -0.39 is 10.0 Å². The highest BCUT2D eigenvalue weighted by Gasteiger charge is 2.25. The van der Waals surface area contributed by atoms with Crippen LogP contribution in [0.3, 0.4) is 0 Å². The van der Waals surface area contributed by atoms with Crippen molar-refractivity contribution in [3.05, 3.63) is 58.1 Å². The van der Waals surface area contributed by atoms with Gasteiger partial charge in [-0.05, 0) is 64.5 Å². The van der Waals surface area contributed by atoms with Crippen LogP contribution in [0, 0.1) is 0 Å². The molecule has 1 unspecified atom stereocenters. The van der Waals surface area contributed by atoms with E-state index in [4.69, 9.17) is 4.74 Å². The molecule has 1 N–H and O–H groups in total. The number of halogens is 1. The van der Waals surface area contributed by atoms with Crippen LogP contribution >= 0.6 is 15.9 Å². The number of nitrogens with one attached hydrogen (secondary N) is 1. The standard InChI is InChI=1S/C17H18BrNO3S/c1-22-17-10-9-13(11-15(17)18)23(20,21)19-16-8-4-6-12-5-2-3-7-14(12)16/h2-3,5,7,9-11,16,19H,4,6,8H2,1H3. The lowest BCUT2D eigenvalue weighted by molar-refractivity contribution is 0.411. The van der Waals surface area contributed by atoms with Crippen molar-refractivity contribution in [3.8, 4) is 5.75 Å². The van der Waals surface area contributed by atoms with Gasteiger partial charge in [-0.2, -0.15) is 0 Å². The Morgan fingerprint density at radius 2 is 2.00 bits per heavy atom. The molecule has 0 saturated heterocycles. The summed E-state index contributed by atoms with van der Waals surface area (Å²) in [5.41, 5.74) is 2.30. The van der Waals surface area contributed by atoms with Gasteiger partial charge in [-0.1, -0.05) is 24.3 Å². The maximum atomic E-state index is 12.7. The third-order valence-electron chi connectivity index (χ3n) is 4.10. The quantitative estimate of drug-likeness (QED) is 0.855. The minimum absolute atomic E-state index is 0.175. The van der Waals surface area contributed by atoms with Crippen molar-refractivity contribution in [2.24, 2.45) is 0 Å². The van der Waals surface area contributed by atoms with E-state index in [9.17, 15) is 8.42 Å². The number of hydrogen-bond acceptors (Lipinski definition) is 3. The van der Waals surface area contributed by atoms with Crippen molar-refractivity contribution < 1.29 is 13.2 Å². The summed E-state index contributed by atoms with van der Waals surface area (Å²) in [5, 5.41) is 0. The maximum Gasteiger partial charge on any atom is 0.241 e. The van der Waals surface area contributed by atoms with Gasteiger partial charge in [-0.3, -0.25) is 0 Å². The molecule has 1 aliphatic carbocycles. The van der Waals surface area contributed by atoms with Gasteiger partial charge in [0.15, 0.2) is 0 Å². The summed E-state index contributed by atoms with van der Waals surface area (Å²) in [4.78, 5) is 0.230. The van der Waals surface area contributed by atoms with Gasteiger partial charge in [0.2, 0.25) is 10.0 Å². The second kappa shape index (κ2) is 6.63. The zero-order valence-corrected chi connectivity index (χ0v) is 15.2. The molecule has 4 nitrogen and oxygen atoms in total. The highest BCUT2D eigenvalue weighted by molar-refractivity contribution is 9.10. The molecule has 2 aromatic carbocycles. The van der Waals surface area contributed by atoms with Crippen LogP contribution < -0.4 is 9.46 Å². The Labute approximate surface area is 145 Å². The van der Waals surface area contributed by atoms with E-state index in [2.05, 4.69) is 26.7 Å². The molecule has 0 heterocycles. The Balaban J connectivity index is 1.89. The molecule has 1 aliphatic rings. The molecule has 6 heteroatoms. The van der Waals surface area contributed by atoms with Crippen LogP contribution in [0.25, 0.3) is 0 Å². The average Bonchev–Trinajstić information content (AvgIpc) is 2.55. The van der Waals surface area contributed by atoms with E-state index >= 15 is 0 Å². The van der Waals surface area contributed by atoms with Crippen molar-refractivity contribution >= 4 is 26.0 Å². The molecular formula is C17H18BrNO3S. The van der Waals surface area contributed by atoms with Crippen LogP contribution in [0.4, 0.5) is 0 Å². The van der Waals surface area contributed by atoms with Gasteiger partial charge in [-0.15, -0.1) is 0 Å². The Bertz CT molecular complexity index is 820. The van der Waals surface area contributed by atoms with E-state index in [0.717, 1.165) is 24.8 Å². The minimum Gasteiger partial charge on any atom is -0.496 e. The fraction of sp³-hybridized carbons (Fsp3) is 0.294. The molecule has 2 aromatic rings. The Kier molecular flexibility index (Phi) is 4.75. The lowest BCUT2D eigenvalue weighted by atomic mass is 9.88. The van der Waals surface area contributed by atoms with Crippen molar-refractivity contribution in [2.45, 2.75) is 30.2 Å². The van der Waals surface area contributed by atoms with E-state index in [0.29, 0.717) is 10.2 Å². The summed E-state index contributed by atoms with van der Waals surface area (Å²) in [6.07, 6.45) is 2.80. The van der Waals surface area contributed by atoms with Crippen LogP contribution in [-0.2, 0) is 16.4 Å². The van der Waals surface area contributed by atoms with Gasteiger partial charge in [-0.25, -0.2) is 13.1 Å². The molecule has 0 fully saturated rings. The lowest BCUT2D eigenvalue weighted by Gasteiger charge is -2.26. The van der Waals surface area contributed by atoms with Crippen molar-refractivity contribution in [3.63, 3.8) is 0 Å². The fourth-order valence-electron chi connectivity index (χ4n) is 2.95. The number of ether oxygens (including phenoxy) is 1. The molecule has 1 atom stereocenters. The third-order valence-corrected chi connectivity index (χ3v) is 6.19. The van der Waals surface area contributed by atoms with Crippen LogP contribution in [0.15, 0.2) is 51.8 Å². The average molecular weight is 396 g/mol. The minimum atomic E-state index is -3.59. The molecule has 122 valence electrons. The van der Waals surface area contributed by atoms with Gasteiger partial charge in [0.05, 0.1) is 16.5 Å². The summed E-state index contributed by atoms with van der Waals surface area (Å²) < 4.78 is 34.0. The molecule has 0 amide bonds. The first-order valence-corrected chi connectivity index (χ1v) is 9.72. The Hall–Kier alpha value is -1.37. The molecule has 0 aromatic heterocycles. The summed E-state index contributed by atoms with van der Waals surface area (Å²) in [7, 11) is -2.04. The normalized spacial score (nSPS) is 17.6. The molecule has 0 saturated carbocycles. The van der Waals surface area contributed by atoms with Crippen LogP contribution in [-0.4, -0.2) is 15.5 Å². The first-order chi connectivity index (χ1) is 11.0. The van der Waals surface area contributed by atoms with Crippen LogP contribution in [0.5, 0.6) is 5.75 Å². The van der Waals surface area contributed by atoms with Gasteiger partial charge in [0.1, 0.15) is 5.75 Å². The van der Waals surface area contributed by atoms with Gasteiger partial charge in [0, 0.05) is 6.04 Å². The molecule has 0 aliphatic heterocycles. The summed E-state index contributed by atoms with van der Waals surface area (Å²) in [6, 6.07) is 12.6. The SMILES string of the molecule is COc1ccc(S(=O)(=O)NC2CCCc3ccccc32)cc1Br. The Morgan fingerprint density at radius 1 is 1.22 bits per heavy atom. The first-order valence-electron chi connectivity index (χ1n) is 7.45. The second-order valence-electron chi connectivity index (χ2n) is 5.56. The number of hydrogen-bond donors (Lipinski definition) is 1. The molecule has 3 rings (SSSR count). The molecule has 0 spiro atoms.